The van der Waals surface area contributed by atoms with E-state index in [1.165, 1.54) is 23.3 Å². The number of carbonyl (C=O) groups is 3. The van der Waals surface area contributed by atoms with Crippen LogP contribution in [0.15, 0.2) is 42.5 Å². The van der Waals surface area contributed by atoms with E-state index in [4.69, 9.17) is 4.98 Å². The third kappa shape index (κ3) is 5.48. The molecule has 2 aromatic rings. The lowest BCUT2D eigenvalue weighted by Gasteiger charge is -2.40. The highest BCUT2D eigenvalue weighted by atomic mass is 16.3. The van der Waals surface area contributed by atoms with Gasteiger partial charge in [0.25, 0.3) is 5.91 Å². The molecule has 206 valence electrons. The van der Waals surface area contributed by atoms with Crippen molar-refractivity contribution in [2.75, 3.05) is 32.7 Å². The summed E-state index contributed by atoms with van der Waals surface area (Å²) in [6.45, 7) is 6.22. The van der Waals surface area contributed by atoms with Crippen molar-refractivity contribution in [3.05, 3.63) is 65.0 Å². The maximum atomic E-state index is 13.0. The van der Waals surface area contributed by atoms with Gasteiger partial charge >= 0.3 is 0 Å². The summed E-state index contributed by atoms with van der Waals surface area (Å²) in [4.78, 5) is 48.1. The van der Waals surface area contributed by atoms with Gasteiger partial charge in [-0.05, 0) is 68.8 Å². The number of benzene rings is 1. The molecule has 0 aliphatic carbocycles. The molecule has 0 saturated carbocycles. The van der Waals surface area contributed by atoms with Crippen LogP contribution >= 0.6 is 0 Å². The summed E-state index contributed by atoms with van der Waals surface area (Å²) in [5.74, 6) is -0.288. The predicted octanol–water partition coefficient (Wildman–Crippen LogP) is 2.04. The number of carbonyl (C=O) groups excluding carboxylic acids is 3. The molecule has 9 heteroatoms. The van der Waals surface area contributed by atoms with E-state index in [0.717, 1.165) is 39.3 Å². The first-order chi connectivity index (χ1) is 18.9. The number of rotatable bonds is 6. The van der Waals surface area contributed by atoms with E-state index < -0.39 is 17.6 Å². The molecular formula is C30H37N5O4. The van der Waals surface area contributed by atoms with Crippen LogP contribution in [0.4, 0.5) is 0 Å². The van der Waals surface area contributed by atoms with Crippen molar-refractivity contribution in [3.8, 4) is 0 Å². The van der Waals surface area contributed by atoms with Crippen molar-refractivity contribution in [2.24, 2.45) is 5.92 Å². The third-order valence-electron chi connectivity index (χ3n) is 9.00. The van der Waals surface area contributed by atoms with E-state index in [0.29, 0.717) is 42.1 Å². The van der Waals surface area contributed by atoms with Gasteiger partial charge in [-0.15, -0.1) is 0 Å². The quantitative estimate of drug-likeness (QED) is 0.550. The van der Waals surface area contributed by atoms with Crippen LogP contribution in [-0.4, -0.2) is 81.3 Å². The Morgan fingerprint density at radius 2 is 1.67 bits per heavy atom. The van der Waals surface area contributed by atoms with E-state index in [9.17, 15) is 19.5 Å². The smallest absolute Gasteiger partial charge is 0.256 e. The number of nitrogens with zero attached hydrogens (tertiary/aromatic N) is 4. The molecule has 39 heavy (non-hydrogen) atoms. The van der Waals surface area contributed by atoms with Crippen molar-refractivity contribution in [1.82, 2.24) is 25.0 Å². The molecule has 0 bridgehead atoms. The summed E-state index contributed by atoms with van der Waals surface area (Å²) < 4.78 is 0. The van der Waals surface area contributed by atoms with Crippen LogP contribution < -0.4 is 5.32 Å². The molecule has 1 aromatic heterocycles. The van der Waals surface area contributed by atoms with Crippen LogP contribution in [0, 0.1) is 5.92 Å². The highest BCUT2D eigenvalue weighted by Gasteiger charge is 2.42. The van der Waals surface area contributed by atoms with Crippen LogP contribution in [0.1, 0.15) is 65.8 Å². The summed E-state index contributed by atoms with van der Waals surface area (Å²) >= 11 is 0. The first-order valence-electron chi connectivity index (χ1n) is 14.2. The summed E-state index contributed by atoms with van der Waals surface area (Å²) in [6, 6.07) is 13.5. The number of pyridine rings is 1. The topological polar surface area (TPSA) is 106 Å². The van der Waals surface area contributed by atoms with Crippen LogP contribution in [0.3, 0.4) is 0 Å². The second-order valence-corrected chi connectivity index (χ2v) is 11.6. The number of aliphatic hydroxyl groups is 1. The number of nitrogens with one attached hydrogen (secondary N) is 1. The van der Waals surface area contributed by atoms with Gasteiger partial charge in [0.1, 0.15) is 11.6 Å². The summed E-state index contributed by atoms with van der Waals surface area (Å²) in [5.41, 5.74) is 2.03. The Hall–Kier alpha value is -3.14. The maximum absolute atomic E-state index is 13.0. The third-order valence-corrected chi connectivity index (χ3v) is 9.00. The SMILES string of the molecule is O=C1CCC(N2Cc3nc(C4(O)CCN(CC5CCN(Cc6ccccc6)CC5)CC4)ccc3C2=O)C(=O)N1. The number of hydrogen-bond acceptors (Lipinski definition) is 7. The zero-order valence-corrected chi connectivity index (χ0v) is 22.3. The minimum Gasteiger partial charge on any atom is -0.383 e. The van der Waals surface area contributed by atoms with Gasteiger partial charge in [-0.2, -0.15) is 0 Å². The number of hydrogen-bond donors (Lipinski definition) is 2. The average molecular weight is 532 g/mol. The number of likely N-dealkylation sites (tertiary alicyclic amines) is 2. The molecule has 9 nitrogen and oxygen atoms in total. The van der Waals surface area contributed by atoms with E-state index in [1.54, 1.807) is 12.1 Å². The Morgan fingerprint density at radius 1 is 0.923 bits per heavy atom. The molecule has 0 radical (unpaired) electrons. The molecule has 6 rings (SSSR count). The molecule has 4 aliphatic heterocycles. The number of aromatic nitrogens is 1. The van der Waals surface area contributed by atoms with Gasteiger partial charge in [-0.3, -0.25) is 29.6 Å². The molecule has 3 fully saturated rings. The van der Waals surface area contributed by atoms with E-state index in [1.807, 2.05) is 0 Å². The molecule has 5 heterocycles. The number of amides is 3. The molecule has 1 unspecified atom stereocenters. The first-order valence-corrected chi connectivity index (χ1v) is 14.2. The highest BCUT2D eigenvalue weighted by molar-refractivity contribution is 6.05. The second-order valence-electron chi connectivity index (χ2n) is 11.6. The van der Waals surface area contributed by atoms with Gasteiger partial charge < -0.3 is 14.9 Å². The zero-order valence-electron chi connectivity index (χ0n) is 22.3. The molecule has 1 atom stereocenters. The van der Waals surface area contributed by atoms with Crippen LogP contribution in [0.5, 0.6) is 0 Å². The van der Waals surface area contributed by atoms with E-state index >= 15 is 0 Å². The fourth-order valence-corrected chi connectivity index (χ4v) is 6.59. The predicted molar refractivity (Wildman–Crippen MR) is 144 cm³/mol. The van der Waals surface area contributed by atoms with Gasteiger partial charge in [0, 0.05) is 32.6 Å². The van der Waals surface area contributed by atoms with E-state index in [-0.39, 0.29) is 24.8 Å². The molecule has 4 aliphatic rings. The Bertz CT molecular complexity index is 1240. The number of piperidine rings is 3. The summed E-state index contributed by atoms with van der Waals surface area (Å²) in [5, 5.41) is 13.9. The Labute approximate surface area is 229 Å². The molecule has 3 saturated heterocycles. The maximum Gasteiger partial charge on any atom is 0.256 e. The normalized spacial score (nSPS) is 24.6. The number of fused-ring (bicyclic) bond motifs is 1. The molecule has 0 spiro atoms. The second kappa shape index (κ2) is 10.8. The lowest BCUT2D eigenvalue weighted by molar-refractivity contribution is -0.136. The van der Waals surface area contributed by atoms with Crippen molar-refractivity contribution >= 4 is 17.7 Å². The summed E-state index contributed by atoms with van der Waals surface area (Å²) in [7, 11) is 0. The Balaban J connectivity index is 1.01. The fourth-order valence-electron chi connectivity index (χ4n) is 6.59. The van der Waals surface area contributed by atoms with Gasteiger partial charge in [0.15, 0.2) is 0 Å². The largest absolute Gasteiger partial charge is 0.383 e. The Morgan fingerprint density at radius 3 is 2.38 bits per heavy atom. The fraction of sp³-hybridized carbons (Fsp3) is 0.533. The Kier molecular flexibility index (Phi) is 7.22. The van der Waals surface area contributed by atoms with Crippen molar-refractivity contribution in [3.63, 3.8) is 0 Å². The van der Waals surface area contributed by atoms with Gasteiger partial charge in [-0.1, -0.05) is 30.3 Å². The van der Waals surface area contributed by atoms with Crippen LogP contribution in [-0.2, 0) is 28.3 Å². The zero-order chi connectivity index (χ0) is 27.0. The molecule has 2 N–H and O–H groups in total. The molecule has 1 aromatic carbocycles. The van der Waals surface area contributed by atoms with Gasteiger partial charge in [-0.25, -0.2) is 0 Å². The average Bonchev–Trinajstić information content (AvgIpc) is 3.27. The monoisotopic (exact) mass is 531 g/mol. The minimum absolute atomic E-state index is 0.220. The van der Waals surface area contributed by atoms with Crippen molar-refractivity contribution < 1.29 is 19.5 Å². The molecule has 3 amide bonds. The van der Waals surface area contributed by atoms with Gasteiger partial charge in [0.05, 0.1) is 23.5 Å². The van der Waals surface area contributed by atoms with E-state index in [2.05, 4.69) is 45.4 Å². The lowest BCUT2D eigenvalue weighted by atomic mass is 9.86. The molecular weight excluding hydrogens is 494 g/mol. The lowest BCUT2D eigenvalue weighted by Crippen LogP contribution is -2.52. The minimum atomic E-state index is -1.02. The highest BCUT2D eigenvalue weighted by Crippen LogP contribution is 2.35. The standard InChI is InChI=1S/C30H37N5O4/c36-27-9-7-25(28(37)32-27)35-20-24-23(29(35)38)6-8-26(31-24)30(39)12-16-34(17-13-30)19-22-10-14-33(15-11-22)18-21-4-2-1-3-5-21/h1-6,8,22,25,39H,7,9-20H2,(H,32,36,37). The first kappa shape index (κ1) is 26.1. The van der Waals surface area contributed by atoms with Crippen LogP contribution in [0.2, 0.25) is 0 Å². The van der Waals surface area contributed by atoms with Crippen molar-refractivity contribution in [2.45, 2.75) is 63.3 Å². The van der Waals surface area contributed by atoms with Crippen molar-refractivity contribution in [1.29, 1.82) is 0 Å². The van der Waals surface area contributed by atoms with Crippen LogP contribution in [0.25, 0.3) is 0 Å². The van der Waals surface area contributed by atoms with Gasteiger partial charge in [0.2, 0.25) is 11.8 Å². The summed E-state index contributed by atoms with van der Waals surface area (Å²) in [6.07, 6.45) is 4.17. The number of imide groups is 1.